The molecule has 0 radical (unpaired) electrons. The third-order valence-electron chi connectivity index (χ3n) is 4.42. The van der Waals surface area contributed by atoms with Crippen LogP contribution in [0.3, 0.4) is 0 Å². The molecule has 0 bridgehead atoms. The number of hydrogen-bond donors (Lipinski definition) is 1. The van der Waals surface area contributed by atoms with Gasteiger partial charge in [0.15, 0.2) is 0 Å². The molecule has 102 valence electrons. The molecule has 0 spiro atoms. The minimum atomic E-state index is 0.387. The van der Waals surface area contributed by atoms with E-state index in [0.29, 0.717) is 12.2 Å². The molecule has 4 aromatic rings. The number of aromatic hydroxyl groups is 1. The molecule has 0 aliphatic carbocycles. The fraction of sp³-hybridized carbons (Fsp3) is 0.100. The lowest BCUT2D eigenvalue weighted by Gasteiger charge is -2.15. The van der Waals surface area contributed by atoms with Gasteiger partial charge in [0.2, 0.25) is 0 Å². The van der Waals surface area contributed by atoms with Crippen LogP contribution in [0.15, 0.2) is 55.1 Å². The molecule has 4 aromatic carbocycles. The molecule has 0 fully saturated rings. The molecule has 0 aromatic heterocycles. The normalized spacial score (nSPS) is 11.7. The van der Waals surface area contributed by atoms with Gasteiger partial charge in [-0.05, 0) is 58.1 Å². The summed E-state index contributed by atoms with van der Waals surface area (Å²) in [5, 5.41) is 17.6. The fourth-order valence-electron chi connectivity index (χ4n) is 3.38. The summed E-state index contributed by atoms with van der Waals surface area (Å²) >= 11 is 0. The van der Waals surface area contributed by atoms with Crippen molar-refractivity contribution in [3.8, 4) is 5.75 Å². The van der Waals surface area contributed by atoms with Gasteiger partial charge in [-0.15, -0.1) is 6.58 Å². The zero-order chi connectivity index (χ0) is 14.6. The second-order valence-electron chi connectivity index (χ2n) is 5.68. The SMILES string of the molecule is C=CCc1cc2ccc3ccc(C)c4ccc(c1O)c2c34. The molecule has 0 aliphatic rings. The first-order valence-corrected chi connectivity index (χ1v) is 7.20. The highest BCUT2D eigenvalue weighted by molar-refractivity contribution is 6.24. The molecule has 0 aliphatic heterocycles. The van der Waals surface area contributed by atoms with E-state index >= 15 is 0 Å². The molecule has 0 saturated heterocycles. The molecule has 0 heterocycles. The highest BCUT2D eigenvalue weighted by Gasteiger charge is 2.14. The average molecular weight is 272 g/mol. The van der Waals surface area contributed by atoms with Crippen molar-refractivity contribution in [2.24, 2.45) is 0 Å². The van der Waals surface area contributed by atoms with Crippen LogP contribution in [0.2, 0.25) is 0 Å². The largest absolute Gasteiger partial charge is 0.507 e. The smallest absolute Gasteiger partial charge is 0.126 e. The number of phenols is 1. The van der Waals surface area contributed by atoms with Crippen LogP contribution in [-0.2, 0) is 6.42 Å². The van der Waals surface area contributed by atoms with Crippen molar-refractivity contribution in [1.82, 2.24) is 0 Å². The van der Waals surface area contributed by atoms with Crippen molar-refractivity contribution in [1.29, 1.82) is 0 Å². The predicted octanol–water partition coefficient (Wildman–Crippen LogP) is 5.33. The number of rotatable bonds is 2. The summed E-state index contributed by atoms with van der Waals surface area (Å²) in [4.78, 5) is 0. The summed E-state index contributed by atoms with van der Waals surface area (Å²) in [6.07, 6.45) is 2.51. The highest BCUT2D eigenvalue weighted by atomic mass is 16.3. The molecular formula is C20H16O. The Bertz CT molecular complexity index is 995. The number of allylic oxidation sites excluding steroid dienone is 1. The van der Waals surface area contributed by atoms with Gasteiger partial charge in [-0.1, -0.05) is 36.4 Å². The quantitative estimate of drug-likeness (QED) is 0.386. The molecule has 21 heavy (non-hydrogen) atoms. The summed E-state index contributed by atoms with van der Waals surface area (Å²) in [6, 6.07) is 14.9. The van der Waals surface area contributed by atoms with Crippen molar-refractivity contribution in [3.63, 3.8) is 0 Å². The zero-order valence-corrected chi connectivity index (χ0v) is 12.0. The molecule has 0 atom stereocenters. The lowest BCUT2D eigenvalue weighted by atomic mass is 9.90. The summed E-state index contributed by atoms with van der Waals surface area (Å²) in [6.45, 7) is 5.91. The van der Waals surface area contributed by atoms with Crippen molar-refractivity contribution >= 4 is 32.3 Å². The third kappa shape index (κ3) is 1.58. The Kier molecular flexibility index (Phi) is 2.46. The van der Waals surface area contributed by atoms with E-state index in [1.165, 1.54) is 32.5 Å². The van der Waals surface area contributed by atoms with Crippen molar-refractivity contribution < 1.29 is 5.11 Å². The zero-order valence-electron chi connectivity index (χ0n) is 12.0. The van der Waals surface area contributed by atoms with Crippen LogP contribution >= 0.6 is 0 Å². The lowest BCUT2D eigenvalue weighted by Crippen LogP contribution is -1.90. The maximum absolute atomic E-state index is 10.6. The van der Waals surface area contributed by atoms with Crippen LogP contribution in [0.1, 0.15) is 11.1 Å². The minimum Gasteiger partial charge on any atom is -0.507 e. The molecule has 4 rings (SSSR count). The van der Waals surface area contributed by atoms with Gasteiger partial charge < -0.3 is 5.11 Å². The first-order valence-electron chi connectivity index (χ1n) is 7.20. The second-order valence-corrected chi connectivity index (χ2v) is 5.68. The van der Waals surface area contributed by atoms with E-state index < -0.39 is 0 Å². The van der Waals surface area contributed by atoms with Crippen LogP contribution < -0.4 is 0 Å². The van der Waals surface area contributed by atoms with Gasteiger partial charge in [0.05, 0.1) is 0 Å². The van der Waals surface area contributed by atoms with Crippen LogP contribution in [0, 0.1) is 6.92 Å². The standard InChI is InChI=1S/C20H16O/c1-3-4-15-11-14-8-7-13-6-5-12(2)16-9-10-17(20(15)21)19(14)18(13)16/h3,5-11,21H,1,4H2,2H3. The van der Waals surface area contributed by atoms with E-state index in [9.17, 15) is 5.11 Å². The summed E-state index contributed by atoms with van der Waals surface area (Å²) in [5.41, 5.74) is 2.21. The number of benzene rings is 4. The molecule has 0 unspecified atom stereocenters. The molecule has 1 nitrogen and oxygen atoms in total. The monoisotopic (exact) mass is 272 g/mol. The molecular weight excluding hydrogens is 256 g/mol. The maximum Gasteiger partial charge on any atom is 0.126 e. The summed E-state index contributed by atoms with van der Waals surface area (Å²) in [7, 11) is 0. The fourth-order valence-corrected chi connectivity index (χ4v) is 3.38. The molecule has 0 amide bonds. The van der Waals surface area contributed by atoms with Gasteiger partial charge >= 0.3 is 0 Å². The first-order chi connectivity index (χ1) is 10.2. The van der Waals surface area contributed by atoms with E-state index in [1.807, 2.05) is 12.1 Å². The van der Waals surface area contributed by atoms with E-state index in [2.05, 4.69) is 49.9 Å². The molecule has 1 N–H and O–H groups in total. The van der Waals surface area contributed by atoms with Crippen molar-refractivity contribution in [2.45, 2.75) is 13.3 Å². The second kappa shape index (κ2) is 4.23. The minimum absolute atomic E-state index is 0.387. The van der Waals surface area contributed by atoms with E-state index in [-0.39, 0.29) is 0 Å². The lowest BCUT2D eigenvalue weighted by molar-refractivity contribution is 0.476. The van der Waals surface area contributed by atoms with Gasteiger partial charge in [0, 0.05) is 10.8 Å². The number of phenolic OH excluding ortho intramolecular Hbond substituents is 1. The maximum atomic E-state index is 10.6. The van der Waals surface area contributed by atoms with Crippen LogP contribution in [-0.4, -0.2) is 5.11 Å². The van der Waals surface area contributed by atoms with Crippen LogP contribution in [0.4, 0.5) is 0 Å². The average Bonchev–Trinajstić information content (AvgIpc) is 2.50. The number of aryl methyl sites for hydroxylation is 1. The predicted molar refractivity (Wildman–Crippen MR) is 90.4 cm³/mol. The molecule has 0 saturated carbocycles. The Labute approximate surface area is 123 Å². The van der Waals surface area contributed by atoms with Gasteiger partial charge in [-0.25, -0.2) is 0 Å². The van der Waals surface area contributed by atoms with Crippen LogP contribution in [0.5, 0.6) is 5.75 Å². The van der Waals surface area contributed by atoms with Gasteiger partial charge in [-0.2, -0.15) is 0 Å². The van der Waals surface area contributed by atoms with E-state index in [0.717, 1.165) is 10.9 Å². The van der Waals surface area contributed by atoms with Gasteiger partial charge in [0.25, 0.3) is 0 Å². The molecule has 1 heteroatoms. The highest BCUT2D eigenvalue weighted by Crippen LogP contribution is 2.41. The number of hydrogen-bond acceptors (Lipinski definition) is 1. The Hall–Kier alpha value is -2.54. The topological polar surface area (TPSA) is 20.2 Å². The Morgan fingerprint density at radius 3 is 2.43 bits per heavy atom. The van der Waals surface area contributed by atoms with Crippen LogP contribution in [0.25, 0.3) is 32.3 Å². The van der Waals surface area contributed by atoms with E-state index in [1.54, 1.807) is 0 Å². The van der Waals surface area contributed by atoms with Gasteiger partial charge in [-0.3, -0.25) is 0 Å². The summed E-state index contributed by atoms with van der Waals surface area (Å²) in [5.74, 6) is 0.387. The third-order valence-corrected chi connectivity index (χ3v) is 4.42. The Balaban J connectivity index is 2.29. The van der Waals surface area contributed by atoms with Gasteiger partial charge in [0.1, 0.15) is 5.75 Å². The summed E-state index contributed by atoms with van der Waals surface area (Å²) < 4.78 is 0. The Morgan fingerprint density at radius 2 is 1.62 bits per heavy atom. The van der Waals surface area contributed by atoms with Crippen molar-refractivity contribution in [3.05, 3.63) is 66.2 Å². The first kappa shape index (κ1) is 12.2. The van der Waals surface area contributed by atoms with E-state index in [4.69, 9.17) is 0 Å². The Morgan fingerprint density at radius 1 is 0.952 bits per heavy atom. The van der Waals surface area contributed by atoms with Crippen molar-refractivity contribution in [2.75, 3.05) is 0 Å².